The predicted octanol–water partition coefficient (Wildman–Crippen LogP) is 2.72. The van der Waals surface area contributed by atoms with Crippen molar-refractivity contribution in [1.82, 2.24) is 10.9 Å². The first kappa shape index (κ1) is 17.9. The van der Waals surface area contributed by atoms with Gasteiger partial charge < -0.3 is 5.11 Å². The number of aliphatic imine (C=N–C) groups is 1. The molecule has 1 atom stereocenters. The molecule has 2 rings (SSSR count). The van der Waals surface area contributed by atoms with Crippen LogP contribution in [0.15, 0.2) is 34.8 Å². The van der Waals surface area contributed by atoms with E-state index in [0.717, 1.165) is 24.0 Å². The van der Waals surface area contributed by atoms with Gasteiger partial charge in [0.2, 0.25) is 0 Å². The summed E-state index contributed by atoms with van der Waals surface area (Å²) >= 11 is 0. The van der Waals surface area contributed by atoms with Crippen molar-refractivity contribution >= 4 is 12.8 Å². The number of nitrogens with zero attached hydrogens (tertiary/aromatic N) is 1. The van der Waals surface area contributed by atoms with Crippen LogP contribution in [0.25, 0.3) is 6.08 Å². The zero-order chi connectivity index (χ0) is 16.9. The summed E-state index contributed by atoms with van der Waals surface area (Å²) in [6.07, 6.45) is 4.05. The second-order valence-corrected chi connectivity index (χ2v) is 7.05. The average molecular weight is 315 g/mol. The Bertz CT molecular complexity index is 562. The first-order valence-electron chi connectivity index (χ1n) is 8.27. The monoisotopic (exact) mass is 315 g/mol. The molecule has 1 fully saturated rings. The minimum absolute atomic E-state index is 0.158. The van der Waals surface area contributed by atoms with Crippen LogP contribution in [0.3, 0.4) is 0 Å². The van der Waals surface area contributed by atoms with Crippen molar-refractivity contribution in [3.8, 4) is 0 Å². The van der Waals surface area contributed by atoms with E-state index in [-0.39, 0.29) is 5.41 Å². The quantitative estimate of drug-likeness (QED) is 0.412. The number of hydrogen-bond acceptors (Lipinski definition) is 4. The maximum absolute atomic E-state index is 11.3. The maximum Gasteiger partial charge on any atom is 0.105 e. The van der Waals surface area contributed by atoms with Crippen molar-refractivity contribution in [1.29, 1.82) is 0 Å². The van der Waals surface area contributed by atoms with Crippen molar-refractivity contribution in [2.75, 3.05) is 19.6 Å². The van der Waals surface area contributed by atoms with Crippen molar-refractivity contribution in [2.45, 2.75) is 39.2 Å². The first-order chi connectivity index (χ1) is 10.9. The van der Waals surface area contributed by atoms with Crippen LogP contribution in [0, 0.1) is 12.3 Å². The average Bonchev–Trinajstić information content (AvgIpc) is 2.73. The van der Waals surface area contributed by atoms with Crippen LogP contribution >= 0.6 is 0 Å². The molecule has 0 saturated heterocycles. The van der Waals surface area contributed by atoms with Crippen LogP contribution in [0.1, 0.15) is 37.8 Å². The Labute approximate surface area is 139 Å². The third-order valence-corrected chi connectivity index (χ3v) is 4.95. The smallest absolute Gasteiger partial charge is 0.105 e. The molecule has 1 saturated carbocycles. The van der Waals surface area contributed by atoms with Gasteiger partial charge in [-0.3, -0.25) is 15.8 Å². The molecule has 126 valence electrons. The molecule has 0 spiro atoms. The summed E-state index contributed by atoms with van der Waals surface area (Å²) in [5, 5.41) is 11.3. The summed E-state index contributed by atoms with van der Waals surface area (Å²) in [5.74, 6) is 0. The van der Waals surface area contributed by atoms with Crippen LogP contribution in [0.4, 0.5) is 0 Å². The lowest BCUT2D eigenvalue weighted by Gasteiger charge is -2.38. The molecular formula is C19H29N3O. The molecule has 1 aliphatic rings. The predicted molar refractivity (Wildman–Crippen MR) is 97.5 cm³/mol. The van der Waals surface area contributed by atoms with Gasteiger partial charge in [0.15, 0.2) is 0 Å². The summed E-state index contributed by atoms with van der Waals surface area (Å²) in [6.45, 7) is 11.7. The van der Waals surface area contributed by atoms with Crippen LogP contribution in [0.5, 0.6) is 0 Å². The van der Waals surface area contributed by atoms with E-state index >= 15 is 0 Å². The number of benzene rings is 1. The Morgan fingerprint density at radius 3 is 2.61 bits per heavy atom. The van der Waals surface area contributed by atoms with E-state index in [1.807, 2.05) is 0 Å². The minimum atomic E-state index is -0.855. The zero-order valence-electron chi connectivity index (χ0n) is 14.5. The lowest BCUT2D eigenvalue weighted by atomic mass is 9.76. The van der Waals surface area contributed by atoms with Gasteiger partial charge in [0.1, 0.15) is 5.60 Å². The summed E-state index contributed by atoms with van der Waals surface area (Å²) < 4.78 is 0. The number of rotatable bonds is 7. The van der Waals surface area contributed by atoms with E-state index in [1.165, 1.54) is 5.56 Å². The Morgan fingerprint density at radius 2 is 1.96 bits per heavy atom. The summed E-state index contributed by atoms with van der Waals surface area (Å²) in [5.41, 5.74) is 8.73. The molecule has 0 bridgehead atoms. The van der Waals surface area contributed by atoms with Crippen molar-refractivity contribution < 1.29 is 5.11 Å². The highest BCUT2D eigenvalue weighted by molar-refractivity contribution is 5.57. The van der Waals surface area contributed by atoms with Gasteiger partial charge in [0.05, 0.1) is 6.54 Å². The highest BCUT2D eigenvalue weighted by atomic mass is 16.3. The fourth-order valence-corrected chi connectivity index (χ4v) is 3.12. The molecular weight excluding hydrogens is 286 g/mol. The Hall–Kier alpha value is -1.49. The van der Waals surface area contributed by atoms with Gasteiger partial charge in [0, 0.05) is 13.1 Å². The van der Waals surface area contributed by atoms with E-state index in [0.29, 0.717) is 19.6 Å². The molecule has 1 aromatic carbocycles. The van der Waals surface area contributed by atoms with E-state index in [4.69, 9.17) is 0 Å². The largest absolute Gasteiger partial charge is 0.384 e. The standard InChI is InChI=1S/C19H29N3O/c1-15-5-7-16(8-6-15)13-17-9-10-18(2,3)19(17,23)14-22-21-12-11-20-4/h5-8,13,21-23H,4,9-12,14H2,1-3H3/b17-13+. The second kappa shape index (κ2) is 7.39. The van der Waals surface area contributed by atoms with E-state index in [9.17, 15) is 5.11 Å². The highest BCUT2D eigenvalue weighted by Crippen LogP contribution is 2.49. The molecule has 0 aliphatic heterocycles. The molecule has 4 nitrogen and oxygen atoms in total. The van der Waals surface area contributed by atoms with Crippen LogP contribution < -0.4 is 10.9 Å². The molecule has 1 unspecified atom stereocenters. The number of hydrazine groups is 1. The molecule has 23 heavy (non-hydrogen) atoms. The molecule has 1 aliphatic carbocycles. The lowest BCUT2D eigenvalue weighted by Crippen LogP contribution is -2.52. The van der Waals surface area contributed by atoms with Crippen LogP contribution in [-0.2, 0) is 0 Å². The van der Waals surface area contributed by atoms with Gasteiger partial charge in [-0.05, 0) is 43.0 Å². The number of hydrogen-bond donors (Lipinski definition) is 3. The summed E-state index contributed by atoms with van der Waals surface area (Å²) in [6, 6.07) is 8.42. The third kappa shape index (κ3) is 4.08. The fourth-order valence-electron chi connectivity index (χ4n) is 3.12. The van der Waals surface area contributed by atoms with Gasteiger partial charge in [-0.2, -0.15) is 0 Å². The number of aliphatic hydroxyl groups is 1. The Balaban J connectivity index is 2.14. The first-order valence-corrected chi connectivity index (χ1v) is 8.27. The SMILES string of the molecule is C=NCCNNCC1(O)/C(=C/c2ccc(C)cc2)CCC1(C)C. The maximum atomic E-state index is 11.3. The van der Waals surface area contributed by atoms with Crippen LogP contribution in [0.2, 0.25) is 0 Å². The van der Waals surface area contributed by atoms with Crippen molar-refractivity contribution in [2.24, 2.45) is 10.4 Å². The fraction of sp³-hybridized carbons (Fsp3) is 0.526. The van der Waals surface area contributed by atoms with E-state index < -0.39 is 5.60 Å². The molecule has 3 N–H and O–H groups in total. The van der Waals surface area contributed by atoms with Crippen molar-refractivity contribution in [3.63, 3.8) is 0 Å². The van der Waals surface area contributed by atoms with Gasteiger partial charge in [-0.25, -0.2) is 0 Å². The Morgan fingerprint density at radius 1 is 1.26 bits per heavy atom. The molecule has 0 amide bonds. The Kier molecular flexibility index (Phi) is 5.74. The minimum Gasteiger partial charge on any atom is -0.384 e. The molecule has 0 aromatic heterocycles. The normalized spacial score (nSPS) is 25.0. The second-order valence-electron chi connectivity index (χ2n) is 7.05. The number of nitrogens with one attached hydrogen (secondary N) is 2. The molecule has 0 radical (unpaired) electrons. The van der Waals surface area contributed by atoms with Crippen molar-refractivity contribution in [3.05, 3.63) is 41.0 Å². The zero-order valence-corrected chi connectivity index (χ0v) is 14.5. The highest BCUT2D eigenvalue weighted by Gasteiger charge is 2.50. The van der Waals surface area contributed by atoms with E-state index in [1.54, 1.807) is 0 Å². The molecule has 4 heteroatoms. The lowest BCUT2D eigenvalue weighted by molar-refractivity contribution is -0.0142. The topological polar surface area (TPSA) is 56.7 Å². The van der Waals surface area contributed by atoms with Crippen LogP contribution in [-0.4, -0.2) is 37.1 Å². The number of aryl methyl sites for hydroxylation is 1. The van der Waals surface area contributed by atoms with Gasteiger partial charge in [0.25, 0.3) is 0 Å². The molecule has 1 aromatic rings. The summed E-state index contributed by atoms with van der Waals surface area (Å²) in [4.78, 5) is 3.80. The van der Waals surface area contributed by atoms with Gasteiger partial charge >= 0.3 is 0 Å². The van der Waals surface area contributed by atoms with E-state index in [2.05, 4.69) is 73.7 Å². The summed E-state index contributed by atoms with van der Waals surface area (Å²) in [7, 11) is 0. The molecule has 0 heterocycles. The van der Waals surface area contributed by atoms with Gasteiger partial charge in [-0.1, -0.05) is 49.8 Å². The third-order valence-electron chi connectivity index (χ3n) is 4.95. The van der Waals surface area contributed by atoms with Gasteiger partial charge in [-0.15, -0.1) is 0 Å².